The van der Waals surface area contributed by atoms with E-state index >= 15 is 0 Å². The van der Waals surface area contributed by atoms with Crippen LogP contribution in [0.3, 0.4) is 0 Å². The molecule has 0 spiro atoms. The molecular formula is C12H15NO3. The van der Waals surface area contributed by atoms with E-state index in [1.807, 2.05) is 0 Å². The van der Waals surface area contributed by atoms with Crippen LogP contribution in [0.1, 0.15) is 38.4 Å². The Morgan fingerprint density at radius 3 is 3.00 bits per heavy atom. The van der Waals surface area contributed by atoms with Crippen LogP contribution in [0.4, 0.5) is 0 Å². The third-order valence-electron chi connectivity index (χ3n) is 3.19. The summed E-state index contributed by atoms with van der Waals surface area (Å²) in [5, 5.41) is 12.0. The van der Waals surface area contributed by atoms with E-state index in [0.717, 1.165) is 17.6 Å². The van der Waals surface area contributed by atoms with E-state index < -0.39 is 5.54 Å². The number of hydrogen-bond acceptors (Lipinski definition) is 3. The highest BCUT2D eigenvalue weighted by molar-refractivity contribution is 5.88. The monoisotopic (exact) mass is 221 g/mol. The Morgan fingerprint density at radius 1 is 1.56 bits per heavy atom. The van der Waals surface area contributed by atoms with E-state index in [1.165, 1.54) is 12.5 Å². The number of furan rings is 1. The summed E-state index contributed by atoms with van der Waals surface area (Å²) >= 11 is 0. The highest BCUT2D eigenvalue weighted by atomic mass is 16.5. The summed E-state index contributed by atoms with van der Waals surface area (Å²) in [4.78, 5) is 11.8. The van der Waals surface area contributed by atoms with E-state index in [4.69, 9.17) is 4.42 Å². The van der Waals surface area contributed by atoms with E-state index in [9.17, 15) is 10.0 Å². The lowest BCUT2D eigenvalue weighted by Gasteiger charge is -2.29. The van der Waals surface area contributed by atoms with Crippen molar-refractivity contribution in [3.63, 3.8) is 0 Å². The molecule has 1 fully saturated rings. The molecule has 0 bridgehead atoms. The lowest BCUT2D eigenvalue weighted by atomic mass is 9.82. The summed E-state index contributed by atoms with van der Waals surface area (Å²) in [5.74, 6) is 0.506. The predicted molar refractivity (Wildman–Crippen MR) is 59.4 cm³/mol. The number of ketones is 1. The van der Waals surface area contributed by atoms with Crippen molar-refractivity contribution < 1.29 is 14.0 Å². The van der Waals surface area contributed by atoms with Gasteiger partial charge in [-0.05, 0) is 25.0 Å². The molecule has 4 nitrogen and oxygen atoms in total. The quantitative estimate of drug-likeness (QED) is 0.332. The van der Waals surface area contributed by atoms with Crippen molar-refractivity contribution in [2.24, 2.45) is 0 Å². The van der Waals surface area contributed by atoms with Crippen molar-refractivity contribution in [2.75, 3.05) is 0 Å². The highest BCUT2D eigenvalue weighted by Crippen LogP contribution is 2.27. The molecule has 0 aromatic carbocycles. The molecule has 1 unspecified atom stereocenters. The van der Waals surface area contributed by atoms with Crippen molar-refractivity contribution in [3.05, 3.63) is 29.4 Å². The van der Waals surface area contributed by atoms with E-state index in [0.29, 0.717) is 18.6 Å². The third kappa shape index (κ3) is 1.87. The molecular weight excluding hydrogens is 206 g/mol. The Morgan fingerprint density at radius 2 is 2.38 bits per heavy atom. The molecule has 0 amide bonds. The van der Waals surface area contributed by atoms with E-state index in [-0.39, 0.29) is 5.78 Å². The maximum Gasteiger partial charge on any atom is 0.227 e. The molecule has 1 saturated carbocycles. The molecule has 16 heavy (non-hydrogen) atoms. The van der Waals surface area contributed by atoms with Gasteiger partial charge in [0.2, 0.25) is 17.5 Å². The molecule has 86 valence electrons. The first-order valence-electron chi connectivity index (χ1n) is 5.51. The van der Waals surface area contributed by atoms with Gasteiger partial charge in [-0.3, -0.25) is 4.79 Å². The highest BCUT2D eigenvalue weighted by Gasteiger charge is 2.42. The maximum atomic E-state index is 12.0. The first-order chi connectivity index (χ1) is 7.63. The number of carbonyl (C=O) groups excluding carboxylic acids is 1. The number of hydroxylamine groups is 1. The molecule has 4 heteroatoms. The second kappa shape index (κ2) is 4.12. The van der Waals surface area contributed by atoms with Gasteiger partial charge < -0.3 is 9.62 Å². The Hall–Kier alpha value is -1.58. The predicted octanol–water partition coefficient (Wildman–Crippen LogP) is 2.11. The van der Waals surface area contributed by atoms with Gasteiger partial charge in [0.25, 0.3) is 0 Å². The molecule has 0 N–H and O–H groups in total. The molecule has 2 rings (SSSR count). The van der Waals surface area contributed by atoms with Crippen molar-refractivity contribution in [1.82, 2.24) is 0 Å². The fourth-order valence-corrected chi connectivity index (χ4v) is 2.02. The zero-order chi connectivity index (χ0) is 11.6. The van der Waals surface area contributed by atoms with Crippen molar-refractivity contribution in [1.29, 1.82) is 0 Å². The van der Waals surface area contributed by atoms with E-state index in [1.54, 1.807) is 19.1 Å². The van der Waals surface area contributed by atoms with Gasteiger partial charge in [0, 0.05) is 19.8 Å². The topological polar surface area (TPSA) is 56.3 Å². The minimum atomic E-state index is -0.912. The van der Waals surface area contributed by atoms with Gasteiger partial charge in [-0.2, -0.15) is 4.74 Å². The first kappa shape index (κ1) is 10.9. The number of Topliss-reactive ketones (excluding diaryl/α,β-unsaturated/α-hetero) is 1. The van der Waals surface area contributed by atoms with Crippen LogP contribution >= 0.6 is 0 Å². The third-order valence-corrected chi connectivity index (χ3v) is 3.19. The standard InChI is InChI=1S/C12H15NO3/c1-12(7-3-2-6-11(12)14)13(15)9-10-5-4-8-16-10/h4-5,8-9H,2-3,6-7H2,1H3. The van der Waals surface area contributed by atoms with Crippen LogP contribution in [0.25, 0.3) is 0 Å². The van der Waals surface area contributed by atoms with Gasteiger partial charge in [-0.25, -0.2) is 0 Å². The van der Waals surface area contributed by atoms with Crippen LogP contribution < -0.4 is 0 Å². The van der Waals surface area contributed by atoms with E-state index in [2.05, 4.69) is 0 Å². The summed E-state index contributed by atoms with van der Waals surface area (Å²) in [5.41, 5.74) is -0.912. The van der Waals surface area contributed by atoms with Gasteiger partial charge in [0.15, 0.2) is 5.76 Å². The molecule has 1 aliphatic carbocycles. The normalized spacial score (nSPS) is 27.1. The molecule has 1 atom stereocenters. The number of carbonyl (C=O) groups is 1. The number of hydrogen-bond donors (Lipinski definition) is 0. The van der Waals surface area contributed by atoms with Gasteiger partial charge in [-0.15, -0.1) is 0 Å². The molecule has 1 aromatic rings. The van der Waals surface area contributed by atoms with Crippen molar-refractivity contribution in [2.45, 2.75) is 38.1 Å². The lowest BCUT2D eigenvalue weighted by Crippen LogP contribution is -2.46. The Bertz CT molecular complexity index is 408. The molecule has 1 heterocycles. The maximum absolute atomic E-state index is 12.0. The van der Waals surface area contributed by atoms with Crippen LogP contribution in [0.15, 0.2) is 22.8 Å². The van der Waals surface area contributed by atoms with Gasteiger partial charge in [0.05, 0.1) is 6.26 Å². The smallest absolute Gasteiger partial charge is 0.227 e. The average Bonchev–Trinajstić information content (AvgIpc) is 2.75. The number of nitrogens with zero attached hydrogens (tertiary/aromatic N) is 1. The Labute approximate surface area is 94.2 Å². The van der Waals surface area contributed by atoms with Crippen LogP contribution in [0.2, 0.25) is 0 Å². The van der Waals surface area contributed by atoms with Crippen LogP contribution in [-0.4, -0.2) is 22.3 Å². The zero-order valence-electron chi connectivity index (χ0n) is 9.31. The van der Waals surface area contributed by atoms with Crippen LogP contribution in [0.5, 0.6) is 0 Å². The molecule has 1 aliphatic rings. The zero-order valence-corrected chi connectivity index (χ0v) is 9.31. The summed E-state index contributed by atoms with van der Waals surface area (Å²) in [6.45, 7) is 1.71. The molecule has 0 aliphatic heterocycles. The fourth-order valence-electron chi connectivity index (χ4n) is 2.02. The van der Waals surface area contributed by atoms with Gasteiger partial charge in [-0.1, -0.05) is 0 Å². The Kier molecular flexibility index (Phi) is 2.81. The SMILES string of the molecule is CC1([N+]([O-])=Cc2ccco2)CCCCC1=O. The summed E-state index contributed by atoms with van der Waals surface area (Å²) in [7, 11) is 0. The second-order valence-corrected chi connectivity index (χ2v) is 4.37. The molecule has 1 aromatic heterocycles. The first-order valence-corrected chi connectivity index (χ1v) is 5.51. The van der Waals surface area contributed by atoms with Crippen molar-refractivity contribution in [3.8, 4) is 0 Å². The molecule has 0 radical (unpaired) electrons. The minimum Gasteiger partial charge on any atom is -0.623 e. The largest absolute Gasteiger partial charge is 0.623 e. The fraction of sp³-hybridized carbons (Fsp3) is 0.500. The van der Waals surface area contributed by atoms with Crippen LogP contribution in [0, 0.1) is 5.21 Å². The lowest BCUT2D eigenvalue weighted by molar-refractivity contribution is -0.525. The number of rotatable bonds is 2. The van der Waals surface area contributed by atoms with Gasteiger partial charge >= 0.3 is 0 Å². The van der Waals surface area contributed by atoms with Gasteiger partial charge in [0.1, 0.15) is 0 Å². The molecule has 0 saturated heterocycles. The second-order valence-electron chi connectivity index (χ2n) is 4.37. The Balaban J connectivity index is 2.25. The summed E-state index contributed by atoms with van der Waals surface area (Å²) in [6.07, 6.45) is 5.79. The van der Waals surface area contributed by atoms with Crippen molar-refractivity contribution >= 4 is 12.0 Å². The summed E-state index contributed by atoms with van der Waals surface area (Å²) < 4.78 is 5.81. The summed E-state index contributed by atoms with van der Waals surface area (Å²) in [6, 6.07) is 3.41. The minimum absolute atomic E-state index is 0.0246. The van der Waals surface area contributed by atoms with Crippen LogP contribution in [-0.2, 0) is 4.79 Å². The average molecular weight is 221 g/mol.